The van der Waals surface area contributed by atoms with E-state index in [1.807, 2.05) is 6.07 Å². The molecule has 4 nitrogen and oxygen atoms in total. The van der Waals surface area contributed by atoms with Crippen LogP contribution >= 0.6 is 23.2 Å². The van der Waals surface area contributed by atoms with Crippen molar-refractivity contribution in [3.63, 3.8) is 0 Å². The van der Waals surface area contributed by atoms with Crippen LogP contribution in [-0.4, -0.2) is 10.1 Å². The highest BCUT2D eigenvalue weighted by molar-refractivity contribution is 6.35. The van der Waals surface area contributed by atoms with Gasteiger partial charge in [0.15, 0.2) is 5.82 Å². The molecule has 2 N–H and O–H groups in total. The molecule has 0 bridgehead atoms. The van der Waals surface area contributed by atoms with E-state index in [4.69, 9.17) is 33.5 Å². The largest absolute Gasteiger partial charge is 0.337 e. The lowest BCUT2D eigenvalue weighted by Crippen LogP contribution is -2.43. The molecular formula is C13H13Cl2N3O. The second kappa shape index (κ2) is 4.78. The van der Waals surface area contributed by atoms with E-state index in [9.17, 15) is 0 Å². The SMILES string of the molecule is NC1(c2nc(Cc3ccc(Cl)cc3Cl)no2)CCC1. The van der Waals surface area contributed by atoms with Gasteiger partial charge in [-0.15, -0.1) is 0 Å². The van der Waals surface area contributed by atoms with Gasteiger partial charge in [0.25, 0.3) is 0 Å². The highest BCUT2D eigenvalue weighted by Crippen LogP contribution is 2.37. The van der Waals surface area contributed by atoms with Crippen LogP contribution in [0.25, 0.3) is 0 Å². The monoisotopic (exact) mass is 297 g/mol. The van der Waals surface area contributed by atoms with E-state index in [0.29, 0.717) is 28.2 Å². The summed E-state index contributed by atoms with van der Waals surface area (Å²) in [7, 11) is 0. The van der Waals surface area contributed by atoms with Gasteiger partial charge in [0.2, 0.25) is 5.89 Å². The van der Waals surface area contributed by atoms with Gasteiger partial charge in [-0.1, -0.05) is 34.4 Å². The van der Waals surface area contributed by atoms with E-state index in [1.165, 1.54) is 0 Å². The number of rotatable bonds is 3. The van der Waals surface area contributed by atoms with E-state index in [2.05, 4.69) is 10.1 Å². The van der Waals surface area contributed by atoms with Crippen molar-refractivity contribution in [1.82, 2.24) is 10.1 Å². The van der Waals surface area contributed by atoms with Crippen molar-refractivity contribution in [2.24, 2.45) is 5.73 Å². The molecule has 6 heteroatoms. The van der Waals surface area contributed by atoms with E-state index in [-0.39, 0.29) is 0 Å². The van der Waals surface area contributed by atoms with Gasteiger partial charge in [0, 0.05) is 16.5 Å². The van der Waals surface area contributed by atoms with Gasteiger partial charge in [0.05, 0.1) is 5.54 Å². The molecule has 2 aromatic rings. The number of nitrogens with two attached hydrogens (primary N) is 1. The number of nitrogens with zero attached hydrogens (tertiary/aromatic N) is 2. The molecule has 0 spiro atoms. The van der Waals surface area contributed by atoms with Crippen molar-refractivity contribution >= 4 is 23.2 Å². The Morgan fingerprint density at radius 1 is 1.32 bits per heavy atom. The van der Waals surface area contributed by atoms with Gasteiger partial charge in [-0.05, 0) is 37.0 Å². The van der Waals surface area contributed by atoms with Crippen LogP contribution in [0.2, 0.25) is 10.0 Å². The zero-order chi connectivity index (χ0) is 13.5. The zero-order valence-electron chi connectivity index (χ0n) is 10.2. The molecule has 3 rings (SSSR count). The van der Waals surface area contributed by atoms with E-state index >= 15 is 0 Å². The Morgan fingerprint density at radius 3 is 2.74 bits per heavy atom. The summed E-state index contributed by atoms with van der Waals surface area (Å²) in [5.74, 6) is 1.12. The summed E-state index contributed by atoms with van der Waals surface area (Å²) < 4.78 is 5.25. The average Bonchev–Trinajstić information content (AvgIpc) is 2.79. The van der Waals surface area contributed by atoms with Crippen LogP contribution in [0, 0.1) is 0 Å². The highest BCUT2D eigenvalue weighted by atomic mass is 35.5. The van der Waals surface area contributed by atoms with Crippen LogP contribution in [0.3, 0.4) is 0 Å². The Balaban J connectivity index is 1.80. The van der Waals surface area contributed by atoms with Gasteiger partial charge in [-0.3, -0.25) is 0 Å². The molecule has 1 fully saturated rings. The molecule has 100 valence electrons. The molecule has 0 unspecified atom stereocenters. The molecule has 1 saturated carbocycles. The van der Waals surface area contributed by atoms with Crippen LogP contribution < -0.4 is 5.73 Å². The van der Waals surface area contributed by atoms with Crippen molar-refractivity contribution in [2.45, 2.75) is 31.2 Å². The fraction of sp³-hybridized carbons (Fsp3) is 0.385. The molecule has 1 heterocycles. The molecule has 1 aliphatic carbocycles. The first kappa shape index (κ1) is 12.9. The lowest BCUT2D eigenvalue weighted by atomic mass is 9.78. The number of hydrogen-bond acceptors (Lipinski definition) is 4. The normalized spacial score (nSPS) is 17.2. The van der Waals surface area contributed by atoms with Gasteiger partial charge < -0.3 is 10.3 Å². The summed E-state index contributed by atoms with van der Waals surface area (Å²) in [6.07, 6.45) is 3.42. The minimum atomic E-state index is -0.422. The summed E-state index contributed by atoms with van der Waals surface area (Å²) in [5, 5.41) is 5.18. The van der Waals surface area contributed by atoms with Crippen LogP contribution in [0.4, 0.5) is 0 Å². The Hall–Kier alpha value is -1.10. The predicted molar refractivity (Wildman–Crippen MR) is 73.3 cm³/mol. The van der Waals surface area contributed by atoms with Crippen LogP contribution in [0.5, 0.6) is 0 Å². The van der Waals surface area contributed by atoms with E-state index < -0.39 is 5.54 Å². The van der Waals surface area contributed by atoms with E-state index in [0.717, 1.165) is 24.8 Å². The Kier molecular flexibility index (Phi) is 3.25. The maximum atomic E-state index is 6.14. The zero-order valence-corrected chi connectivity index (χ0v) is 11.7. The summed E-state index contributed by atoms with van der Waals surface area (Å²) in [5.41, 5.74) is 6.63. The molecule has 0 aliphatic heterocycles. The third kappa shape index (κ3) is 2.48. The first-order valence-electron chi connectivity index (χ1n) is 6.13. The van der Waals surface area contributed by atoms with Crippen LogP contribution in [0.1, 0.15) is 36.5 Å². The predicted octanol–water partition coefficient (Wildman–Crippen LogP) is 3.31. The smallest absolute Gasteiger partial charge is 0.246 e. The standard InChI is InChI=1S/C13H13Cl2N3O/c14-9-3-2-8(10(15)7-9)6-11-17-12(19-18-11)13(16)4-1-5-13/h2-3,7H,1,4-6,16H2. The van der Waals surface area contributed by atoms with Gasteiger partial charge in [-0.25, -0.2) is 0 Å². The first-order valence-corrected chi connectivity index (χ1v) is 6.88. The van der Waals surface area contributed by atoms with Crippen molar-refractivity contribution < 1.29 is 4.52 Å². The van der Waals surface area contributed by atoms with Crippen molar-refractivity contribution in [1.29, 1.82) is 0 Å². The minimum absolute atomic E-state index is 0.422. The maximum absolute atomic E-state index is 6.14. The lowest BCUT2D eigenvalue weighted by molar-refractivity contribution is 0.181. The topological polar surface area (TPSA) is 64.9 Å². The molecule has 0 amide bonds. The Morgan fingerprint density at radius 2 is 2.11 bits per heavy atom. The maximum Gasteiger partial charge on any atom is 0.246 e. The van der Waals surface area contributed by atoms with Crippen molar-refractivity contribution in [2.75, 3.05) is 0 Å². The Bertz CT molecular complexity index is 608. The molecule has 0 atom stereocenters. The van der Waals surface area contributed by atoms with Crippen LogP contribution in [0.15, 0.2) is 22.7 Å². The number of benzene rings is 1. The molecule has 1 aliphatic rings. The minimum Gasteiger partial charge on any atom is -0.337 e. The lowest BCUT2D eigenvalue weighted by Gasteiger charge is -2.33. The Labute approximate surface area is 120 Å². The van der Waals surface area contributed by atoms with Crippen molar-refractivity contribution in [3.05, 3.63) is 45.5 Å². The summed E-state index contributed by atoms with van der Waals surface area (Å²) >= 11 is 12.0. The van der Waals surface area contributed by atoms with Gasteiger partial charge in [-0.2, -0.15) is 4.98 Å². The number of aromatic nitrogens is 2. The van der Waals surface area contributed by atoms with Gasteiger partial charge in [0.1, 0.15) is 0 Å². The second-order valence-electron chi connectivity index (χ2n) is 4.94. The summed E-state index contributed by atoms with van der Waals surface area (Å²) in [6, 6.07) is 5.36. The molecule has 0 radical (unpaired) electrons. The second-order valence-corrected chi connectivity index (χ2v) is 5.78. The molecule has 19 heavy (non-hydrogen) atoms. The summed E-state index contributed by atoms with van der Waals surface area (Å²) in [4.78, 5) is 4.37. The summed E-state index contributed by atoms with van der Waals surface area (Å²) in [6.45, 7) is 0. The highest BCUT2D eigenvalue weighted by Gasteiger charge is 2.39. The van der Waals surface area contributed by atoms with Crippen LogP contribution in [-0.2, 0) is 12.0 Å². The fourth-order valence-corrected chi connectivity index (χ4v) is 2.61. The quantitative estimate of drug-likeness (QED) is 0.944. The average molecular weight is 298 g/mol. The third-order valence-corrected chi connectivity index (χ3v) is 4.09. The number of hydrogen-bond donors (Lipinski definition) is 1. The van der Waals surface area contributed by atoms with Gasteiger partial charge >= 0.3 is 0 Å². The molecule has 1 aromatic carbocycles. The molecule has 1 aromatic heterocycles. The first-order chi connectivity index (χ1) is 9.07. The molecular weight excluding hydrogens is 285 g/mol. The molecule has 0 saturated heterocycles. The fourth-order valence-electron chi connectivity index (χ4n) is 2.13. The third-order valence-electron chi connectivity index (χ3n) is 3.50. The van der Waals surface area contributed by atoms with Crippen molar-refractivity contribution in [3.8, 4) is 0 Å². The van der Waals surface area contributed by atoms with E-state index in [1.54, 1.807) is 12.1 Å². The number of halogens is 2.